The summed E-state index contributed by atoms with van der Waals surface area (Å²) in [5.74, 6) is -0.683. The van der Waals surface area contributed by atoms with Crippen molar-refractivity contribution in [2.45, 2.75) is 6.18 Å². The first-order valence-electron chi connectivity index (χ1n) is 11.0. The molecule has 2 N–H and O–H groups in total. The Labute approximate surface area is 205 Å². The maximum absolute atomic E-state index is 13.1. The van der Waals surface area contributed by atoms with Crippen LogP contribution in [0.25, 0.3) is 22.0 Å². The van der Waals surface area contributed by atoms with Crippen LogP contribution in [-0.4, -0.2) is 37.1 Å². The van der Waals surface area contributed by atoms with Gasteiger partial charge in [0.25, 0.3) is 11.8 Å². The van der Waals surface area contributed by atoms with Crippen molar-refractivity contribution < 1.29 is 27.5 Å². The third-order valence-corrected chi connectivity index (χ3v) is 5.49. The van der Waals surface area contributed by atoms with E-state index in [4.69, 9.17) is 4.74 Å². The molecular weight excluding hydrogens is 471 g/mol. The molecule has 0 bridgehead atoms. The van der Waals surface area contributed by atoms with E-state index in [1.54, 1.807) is 55.6 Å². The second-order valence-electron chi connectivity index (χ2n) is 7.95. The van der Waals surface area contributed by atoms with Crippen molar-refractivity contribution in [3.63, 3.8) is 0 Å². The summed E-state index contributed by atoms with van der Waals surface area (Å²) in [6.45, 7) is 0.782. The first-order valence-corrected chi connectivity index (χ1v) is 11.0. The lowest BCUT2D eigenvalue weighted by Gasteiger charge is -2.12. The Kier molecular flexibility index (Phi) is 7.30. The summed E-state index contributed by atoms with van der Waals surface area (Å²) in [6, 6.07) is 18.2. The van der Waals surface area contributed by atoms with Crippen LogP contribution in [0.1, 0.15) is 26.3 Å². The molecule has 1 heterocycles. The predicted molar refractivity (Wildman–Crippen MR) is 131 cm³/mol. The second kappa shape index (κ2) is 10.6. The molecule has 6 nitrogen and oxygen atoms in total. The van der Waals surface area contributed by atoms with Crippen LogP contribution in [0.15, 0.2) is 79.0 Å². The van der Waals surface area contributed by atoms with Crippen LogP contribution in [0.4, 0.5) is 18.9 Å². The van der Waals surface area contributed by atoms with Crippen LogP contribution in [0, 0.1) is 0 Å². The molecule has 0 saturated carbocycles. The molecule has 0 radical (unpaired) electrons. The fraction of sp³-hybridized carbons (Fsp3) is 0.148. The molecule has 2 amide bonds. The molecule has 0 aliphatic heterocycles. The number of fused-ring (bicyclic) bond motifs is 1. The van der Waals surface area contributed by atoms with Gasteiger partial charge in [-0.25, -0.2) is 0 Å². The minimum atomic E-state index is -4.44. The Balaban J connectivity index is 1.53. The van der Waals surface area contributed by atoms with Crippen molar-refractivity contribution >= 4 is 28.4 Å². The zero-order chi connectivity index (χ0) is 25.7. The third-order valence-electron chi connectivity index (χ3n) is 5.49. The SMILES string of the molecule is COCCNC(=O)c1cnc2cc(NC(=O)c3ccccc3-c3ccc(C(F)(F)F)cc3)ccc2c1. The molecule has 36 heavy (non-hydrogen) atoms. The molecule has 184 valence electrons. The fourth-order valence-electron chi connectivity index (χ4n) is 3.66. The Bertz CT molecular complexity index is 1400. The van der Waals surface area contributed by atoms with Gasteiger partial charge in [-0.2, -0.15) is 13.2 Å². The molecule has 3 aromatic carbocycles. The smallest absolute Gasteiger partial charge is 0.383 e. The van der Waals surface area contributed by atoms with Gasteiger partial charge in [-0.1, -0.05) is 36.4 Å². The summed E-state index contributed by atoms with van der Waals surface area (Å²) >= 11 is 0. The molecule has 0 aliphatic rings. The van der Waals surface area contributed by atoms with E-state index in [2.05, 4.69) is 15.6 Å². The number of ether oxygens (including phenoxy) is 1. The largest absolute Gasteiger partial charge is 0.416 e. The molecule has 1 aromatic heterocycles. The topological polar surface area (TPSA) is 80.3 Å². The van der Waals surface area contributed by atoms with Crippen LogP contribution >= 0.6 is 0 Å². The van der Waals surface area contributed by atoms with E-state index in [9.17, 15) is 22.8 Å². The van der Waals surface area contributed by atoms with E-state index in [1.807, 2.05) is 0 Å². The molecule has 0 atom stereocenters. The number of nitrogens with one attached hydrogen (secondary N) is 2. The zero-order valence-corrected chi connectivity index (χ0v) is 19.2. The monoisotopic (exact) mass is 493 g/mol. The first kappa shape index (κ1) is 24.9. The summed E-state index contributed by atoms with van der Waals surface area (Å²) in [5.41, 5.74) is 2.02. The number of carbonyl (C=O) groups excluding carboxylic acids is 2. The molecule has 4 rings (SSSR count). The number of pyridine rings is 1. The van der Waals surface area contributed by atoms with Crippen molar-refractivity contribution in [3.8, 4) is 11.1 Å². The molecule has 0 fully saturated rings. The number of hydrogen-bond acceptors (Lipinski definition) is 4. The van der Waals surface area contributed by atoms with E-state index in [0.717, 1.165) is 17.5 Å². The van der Waals surface area contributed by atoms with E-state index < -0.39 is 17.6 Å². The van der Waals surface area contributed by atoms with Gasteiger partial charge in [0.15, 0.2) is 0 Å². The van der Waals surface area contributed by atoms with Gasteiger partial charge in [-0.05, 0) is 47.5 Å². The number of rotatable bonds is 7. The third kappa shape index (κ3) is 5.69. The minimum absolute atomic E-state index is 0.265. The average molecular weight is 493 g/mol. The van der Waals surface area contributed by atoms with Crippen molar-refractivity contribution in [1.29, 1.82) is 0 Å². The summed E-state index contributed by atoms with van der Waals surface area (Å²) in [7, 11) is 1.55. The van der Waals surface area contributed by atoms with Crippen molar-refractivity contribution in [2.24, 2.45) is 0 Å². The second-order valence-corrected chi connectivity index (χ2v) is 7.95. The molecule has 0 aliphatic carbocycles. The molecule has 0 spiro atoms. The molecular formula is C27H22F3N3O3. The number of alkyl halides is 3. The number of methoxy groups -OCH3 is 1. The number of anilines is 1. The number of benzene rings is 3. The van der Waals surface area contributed by atoms with E-state index in [1.165, 1.54) is 18.3 Å². The van der Waals surface area contributed by atoms with Crippen LogP contribution in [0.2, 0.25) is 0 Å². The van der Waals surface area contributed by atoms with Gasteiger partial charge in [-0.3, -0.25) is 14.6 Å². The van der Waals surface area contributed by atoms with Crippen LogP contribution in [0.5, 0.6) is 0 Å². The zero-order valence-electron chi connectivity index (χ0n) is 19.2. The van der Waals surface area contributed by atoms with Crippen molar-refractivity contribution in [1.82, 2.24) is 10.3 Å². The number of carbonyl (C=O) groups is 2. The number of hydrogen-bond donors (Lipinski definition) is 2. The number of halogens is 3. The number of nitrogens with zero attached hydrogens (tertiary/aromatic N) is 1. The van der Waals surface area contributed by atoms with Crippen molar-refractivity contribution in [2.75, 3.05) is 25.6 Å². The molecule has 0 saturated heterocycles. The summed E-state index contributed by atoms with van der Waals surface area (Å²) in [4.78, 5) is 29.6. The highest BCUT2D eigenvalue weighted by Gasteiger charge is 2.30. The van der Waals surface area contributed by atoms with Crippen LogP contribution in [-0.2, 0) is 10.9 Å². The van der Waals surface area contributed by atoms with Gasteiger partial charge in [0.1, 0.15) is 0 Å². The van der Waals surface area contributed by atoms with Gasteiger partial charge in [-0.15, -0.1) is 0 Å². The quantitative estimate of drug-likeness (QED) is 0.331. The van der Waals surface area contributed by atoms with E-state index in [0.29, 0.717) is 46.6 Å². The van der Waals surface area contributed by atoms with Gasteiger partial charge < -0.3 is 15.4 Å². The maximum atomic E-state index is 13.1. The maximum Gasteiger partial charge on any atom is 0.416 e. The lowest BCUT2D eigenvalue weighted by atomic mass is 9.98. The Morgan fingerprint density at radius 2 is 1.69 bits per heavy atom. The van der Waals surface area contributed by atoms with Gasteiger partial charge >= 0.3 is 6.18 Å². The first-order chi connectivity index (χ1) is 17.3. The average Bonchev–Trinajstić information content (AvgIpc) is 2.88. The van der Waals surface area contributed by atoms with Crippen LogP contribution < -0.4 is 10.6 Å². The highest BCUT2D eigenvalue weighted by molar-refractivity contribution is 6.09. The normalized spacial score (nSPS) is 11.3. The standard InChI is InChI=1S/C27H22F3N3O3/c1-36-13-12-31-25(34)19-14-18-8-11-21(15-24(18)32-16-19)33-26(35)23-5-3-2-4-22(23)17-6-9-20(10-7-17)27(28,29)30/h2-11,14-16H,12-13H2,1H3,(H,31,34)(H,33,35). The Morgan fingerprint density at radius 3 is 2.42 bits per heavy atom. The molecule has 9 heteroatoms. The van der Waals surface area contributed by atoms with E-state index in [-0.39, 0.29) is 5.91 Å². The molecule has 0 unspecified atom stereocenters. The summed E-state index contributed by atoms with van der Waals surface area (Å²) < 4.78 is 43.7. The van der Waals surface area contributed by atoms with Crippen LogP contribution in [0.3, 0.4) is 0 Å². The number of amides is 2. The lowest BCUT2D eigenvalue weighted by molar-refractivity contribution is -0.137. The fourth-order valence-corrected chi connectivity index (χ4v) is 3.66. The molecule has 4 aromatic rings. The highest BCUT2D eigenvalue weighted by Crippen LogP contribution is 2.32. The van der Waals surface area contributed by atoms with Crippen molar-refractivity contribution in [3.05, 3.63) is 95.7 Å². The Morgan fingerprint density at radius 1 is 0.944 bits per heavy atom. The minimum Gasteiger partial charge on any atom is -0.383 e. The Hall–Kier alpha value is -4.24. The van der Waals surface area contributed by atoms with Gasteiger partial charge in [0, 0.05) is 36.5 Å². The van der Waals surface area contributed by atoms with Gasteiger partial charge in [0.2, 0.25) is 0 Å². The predicted octanol–water partition coefficient (Wildman–Crippen LogP) is 5.55. The summed E-state index contributed by atoms with van der Waals surface area (Å²) in [5, 5.41) is 6.27. The number of aromatic nitrogens is 1. The summed E-state index contributed by atoms with van der Waals surface area (Å²) in [6.07, 6.45) is -2.98. The van der Waals surface area contributed by atoms with E-state index >= 15 is 0 Å². The lowest BCUT2D eigenvalue weighted by Crippen LogP contribution is -2.27. The highest BCUT2D eigenvalue weighted by atomic mass is 19.4. The van der Waals surface area contributed by atoms with Gasteiger partial charge in [0.05, 0.1) is 23.3 Å².